The van der Waals surface area contributed by atoms with E-state index in [2.05, 4.69) is 18.6 Å². The van der Waals surface area contributed by atoms with Crippen LogP contribution in [0.15, 0.2) is 102 Å². The number of carbonyl (C=O) groups is 5. The summed E-state index contributed by atoms with van der Waals surface area (Å²) in [5, 5.41) is 0. The van der Waals surface area contributed by atoms with Crippen LogP contribution in [-0.4, -0.2) is 36.0 Å². The lowest BCUT2D eigenvalue weighted by molar-refractivity contribution is 0.0425. The van der Waals surface area contributed by atoms with Gasteiger partial charge in [-0.25, -0.2) is 24.0 Å². The first kappa shape index (κ1) is 29.9. The Labute approximate surface area is 269 Å². The Morgan fingerprint density at radius 2 is 1.34 bits per heavy atom. The van der Waals surface area contributed by atoms with Gasteiger partial charge in [-0.2, -0.15) is 0 Å². The molecule has 2 aliphatic heterocycles. The van der Waals surface area contributed by atoms with E-state index in [0.717, 1.165) is 41.5 Å². The van der Waals surface area contributed by atoms with Crippen LogP contribution < -0.4 is 4.74 Å². The summed E-state index contributed by atoms with van der Waals surface area (Å²) in [7, 11) is 0. The van der Waals surface area contributed by atoms with Gasteiger partial charge in [0.15, 0.2) is 0 Å². The summed E-state index contributed by atoms with van der Waals surface area (Å²) in [6.45, 7) is 4.19. The summed E-state index contributed by atoms with van der Waals surface area (Å²) in [5.74, 6) is -2.43. The zero-order chi connectivity index (χ0) is 32.9. The maximum Gasteiger partial charge on any atom is 0.346 e. The number of allylic oxidation sites excluding steroid dienone is 5. The minimum absolute atomic E-state index is 0.0383. The van der Waals surface area contributed by atoms with Gasteiger partial charge in [-0.1, -0.05) is 50.3 Å². The van der Waals surface area contributed by atoms with Crippen LogP contribution in [0, 0.1) is 0 Å². The van der Waals surface area contributed by atoms with Gasteiger partial charge in [-0.05, 0) is 90.6 Å². The molecule has 4 aliphatic rings. The van der Waals surface area contributed by atoms with Crippen LogP contribution in [0.5, 0.6) is 5.75 Å². The van der Waals surface area contributed by atoms with Crippen molar-refractivity contribution in [2.75, 3.05) is 0 Å². The second-order valence-electron chi connectivity index (χ2n) is 12.1. The number of esters is 5. The molecule has 1 saturated carbocycles. The number of cyclic esters (lactones) is 4. The van der Waals surface area contributed by atoms with Crippen LogP contribution in [-0.2, 0) is 19.6 Å². The number of carbonyl (C=O) groups excluding carboxylic acids is 5. The second kappa shape index (κ2) is 11.5. The Hall–Kier alpha value is -5.83. The minimum Gasteiger partial charge on any atom is -0.482 e. The number of rotatable bonds is 7. The molecule has 234 valence electrons. The van der Waals surface area contributed by atoms with Crippen molar-refractivity contribution in [1.82, 2.24) is 0 Å². The number of hydrogen-bond acceptors (Lipinski definition) is 9. The van der Waals surface area contributed by atoms with E-state index < -0.39 is 35.3 Å². The molecule has 0 bridgehead atoms. The lowest BCUT2D eigenvalue weighted by atomic mass is 9.77. The Bertz CT molecular complexity index is 2020. The molecular formula is C38H28O9. The summed E-state index contributed by atoms with van der Waals surface area (Å²) < 4.78 is 21.4. The molecule has 47 heavy (non-hydrogen) atoms. The molecule has 3 aromatic rings. The third-order valence-corrected chi connectivity index (χ3v) is 8.87. The van der Waals surface area contributed by atoms with E-state index in [9.17, 15) is 24.0 Å². The van der Waals surface area contributed by atoms with Gasteiger partial charge < -0.3 is 18.9 Å². The van der Waals surface area contributed by atoms with Gasteiger partial charge in [0.1, 0.15) is 17.6 Å². The zero-order valence-electron chi connectivity index (χ0n) is 25.5. The van der Waals surface area contributed by atoms with Crippen LogP contribution in [0.2, 0.25) is 0 Å². The normalized spacial score (nSPS) is 18.0. The second-order valence-corrected chi connectivity index (χ2v) is 12.1. The molecule has 1 fully saturated rings. The lowest BCUT2D eigenvalue weighted by Gasteiger charge is -2.27. The fourth-order valence-corrected chi connectivity index (χ4v) is 5.87. The van der Waals surface area contributed by atoms with E-state index in [0.29, 0.717) is 11.5 Å². The predicted molar refractivity (Wildman–Crippen MR) is 169 cm³/mol. The Kier molecular flexibility index (Phi) is 7.31. The SMILES string of the molecule is CC(C)(C1=CC=CC(OC(=C2CCC2)c2ccc3c(c2)C(=O)OC3=O)C=C1)c1ccc(OC(=O)c2ccc3c(c2)C(=O)OC3=O)cc1. The van der Waals surface area contributed by atoms with E-state index in [-0.39, 0.29) is 33.9 Å². The van der Waals surface area contributed by atoms with Crippen LogP contribution >= 0.6 is 0 Å². The average molecular weight is 629 g/mol. The topological polar surface area (TPSA) is 122 Å². The Balaban J connectivity index is 1.04. The lowest BCUT2D eigenvalue weighted by Crippen LogP contribution is -2.19. The molecule has 1 unspecified atom stereocenters. The standard InChI is InChI=1S/C38H28O9/c1-38(2,25-12-15-27(16-13-25)45-33(39)23-10-18-29-31(20-23)37(43)47-35(29)41)24-7-4-8-26(14-11-24)44-32(21-5-3-6-21)22-9-17-28-30(19-22)36(42)46-34(28)40/h4,7-20,26H,3,5-6H2,1-2H3. The van der Waals surface area contributed by atoms with Crippen molar-refractivity contribution in [1.29, 1.82) is 0 Å². The molecule has 9 heteroatoms. The molecule has 2 aliphatic carbocycles. The monoisotopic (exact) mass is 628 g/mol. The maximum absolute atomic E-state index is 12.8. The number of ether oxygens (including phenoxy) is 4. The molecule has 1 atom stereocenters. The summed E-state index contributed by atoms with van der Waals surface area (Å²) in [6.07, 6.45) is 12.5. The molecule has 9 nitrogen and oxygen atoms in total. The van der Waals surface area contributed by atoms with E-state index in [4.69, 9.17) is 14.2 Å². The van der Waals surface area contributed by atoms with Gasteiger partial charge in [0, 0.05) is 11.0 Å². The minimum atomic E-state index is -0.789. The highest BCUT2D eigenvalue weighted by Crippen LogP contribution is 2.38. The first-order chi connectivity index (χ1) is 22.6. The molecule has 3 aromatic carbocycles. The third-order valence-electron chi connectivity index (χ3n) is 8.87. The molecule has 0 aromatic heterocycles. The van der Waals surface area contributed by atoms with Gasteiger partial charge in [-0.3, -0.25) is 0 Å². The van der Waals surface area contributed by atoms with Crippen LogP contribution in [0.25, 0.3) is 5.76 Å². The van der Waals surface area contributed by atoms with Gasteiger partial charge >= 0.3 is 29.8 Å². The van der Waals surface area contributed by atoms with E-state index in [1.165, 1.54) is 18.2 Å². The van der Waals surface area contributed by atoms with E-state index in [1.807, 2.05) is 42.5 Å². The highest BCUT2D eigenvalue weighted by Gasteiger charge is 2.32. The van der Waals surface area contributed by atoms with Crippen molar-refractivity contribution in [3.8, 4) is 5.75 Å². The highest BCUT2D eigenvalue weighted by atomic mass is 16.6. The zero-order valence-corrected chi connectivity index (χ0v) is 25.5. The molecule has 2 heterocycles. The van der Waals surface area contributed by atoms with Gasteiger partial charge in [0.25, 0.3) is 0 Å². The average Bonchev–Trinajstić information content (AvgIpc) is 3.34. The van der Waals surface area contributed by atoms with Crippen LogP contribution in [0.1, 0.15) is 96.0 Å². The van der Waals surface area contributed by atoms with Crippen LogP contribution in [0.3, 0.4) is 0 Å². The van der Waals surface area contributed by atoms with Crippen molar-refractivity contribution >= 4 is 35.6 Å². The predicted octanol–water partition coefficient (Wildman–Crippen LogP) is 6.84. The third kappa shape index (κ3) is 5.50. The molecular weight excluding hydrogens is 600 g/mol. The van der Waals surface area contributed by atoms with Crippen LogP contribution in [0.4, 0.5) is 0 Å². The summed E-state index contributed by atoms with van der Waals surface area (Å²) in [4.78, 5) is 60.5. The number of fused-ring (bicyclic) bond motifs is 2. The van der Waals surface area contributed by atoms with Crippen molar-refractivity contribution in [3.63, 3.8) is 0 Å². The van der Waals surface area contributed by atoms with Crippen molar-refractivity contribution < 1.29 is 42.9 Å². The van der Waals surface area contributed by atoms with Gasteiger partial charge in [0.05, 0.1) is 27.8 Å². The molecule has 0 amide bonds. The molecule has 7 rings (SSSR count). The molecule has 0 saturated heterocycles. The van der Waals surface area contributed by atoms with Crippen molar-refractivity contribution in [2.45, 2.75) is 44.6 Å². The highest BCUT2D eigenvalue weighted by molar-refractivity contribution is 6.16. The molecule has 0 radical (unpaired) electrons. The Morgan fingerprint density at radius 3 is 1.96 bits per heavy atom. The summed E-state index contributed by atoms with van der Waals surface area (Å²) >= 11 is 0. The Morgan fingerprint density at radius 1 is 0.745 bits per heavy atom. The number of hydrogen-bond donors (Lipinski definition) is 0. The largest absolute Gasteiger partial charge is 0.482 e. The first-order valence-electron chi connectivity index (χ1n) is 15.2. The van der Waals surface area contributed by atoms with Gasteiger partial charge in [0.2, 0.25) is 0 Å². The van der Waals surface area contributed by atoms with Crippen molar-refractivity contribution in [2.24, 2.45) is 0 Å². The van der Waals surface area contributed by atoms with E-state index >= 15 is 0 Å². The fraction of sp³-hybridized carbons (Fsp3) is 0.184. The number of benzene rings is 3. The molecule has 0 spiro atoms. The van der Waals surface area contributed by atoms with Gasteiger partial charge in [-0.15, -0.1) is 0 Å². The molecule has 0 N–H and O–H groups in total. The maximum atomic E-state index is 12.8. The summed E-state index contributed by atoms with van der Waals surface area (Å²) in [6, 6.07) is 16.4. The first-order valence-corrected chi connectivity index (χ1v) is 15.2. The van der Waals surface area contributed by atoms with Crippen molar-refractivity contribution in [3.05, 3.63) is 141 Å². The fourth-order valence-electron chi connectivity index (χ4n) is 5.87. The quantitative estimate of drug-likeness (QED) is 0.120. The summed E-state index contributed by atoms with van der Waals surface area (Å²) in [5.41, 5.74) is 4.29. The van der Waals surface area contributed by atoms with E-state index in [1.54, 1.807) is 30.3 Å². The smallest absolute Gasteiger partial charge is 0.346 e.